The summed E-state index contributed by atoms with van der Waals surface area (Å²) in [4.78, 5) is -0.112. The number of para-hydroxylation sites is 1. The number of ether oxygens (including phenoxy) is 1. The maximum atomic E-state index is 14.5. The molecule has 2 aromatic carbocycles. The van der Waals surface area contributed by atoms with Gasteiger partial charge in [-0.15, -0.1) is 11.8 Å². The monoisotopic (exact) mass is 316 g/mol. The highest BCUT2D eigenvalue weighted by Gasteiger charge is 2.26. The number of hydrogen-bond donors (Lipinski definition) is 0. The van der Waals surface area contributed by atoms with Crippen LogP contribution in [0.15, 0.2) is 35.2 Å². The second kappa shape index (κ2) is 6.93. The van der Waals surface area contributed by atoms with Crippen molar-refractivity contribution in [2.75, 3.05) is 5.75 Å². The molecule has 3 nitrogen and oxygen atoms in total. The maximum absolute atomic E-state index is 14.5. The number of hydrogen-bond acceptors (Lipinski definition) is 4. The van der Waals surface area contributed by atoms with E-state index in [-0.39, 0.29) is 10.6 Å². The highest BCUT2D eigenvalue weighted by atomic mass is 32.2. The van der Waals surface area contributed by atoms with Crippen LogP contribution in [-0.2, 0) is 0 Å². The Hall–Kier alpha value is -2.57. The van der Waals surface area contributed by atoms with Gasteiger partial charge in [-0.2, -0.15) is 10.5 Å². The molecule has 0 saturated carbocycles. The highest BCUT2D eigenvalue weighted by molar-refractivity contribution is 7.99. The van der Waals surface area contributed by atoms with E-state index >= 15 is 0 Å². The summed E-state index contributed by atoms with van der Waals surface area (Å²) in [6, 6.07) is 11.4. The summed E-state index contributed by atoms with van der Waals surface area (Å²) in [6.07, 6.45) is 0. The van der Waals surface area contributed by atoms with E-state index in [0.717, 1.165) is 11.8 Å². The molecule has 0 bridgehead atoms. The molecule has 0 fully saturated rings. The molecule has 0 aliphatic heterocycles. The van der Waals surface area contributed by atoms with Gasteiger partial charge in [0.25, 0.3) is 0 Å². The van der Waals surface area contributed by atoms with E-state index in [0.29, 0.717) is 11.5 Å². The van der Waals surface area contributed by atoms with Gasteiger partial charge in [0.2, 0.25) is 0 Å². The van der Waals surface area contributed by atoms with Gasteiger partial charge in [-0.1, -0.05) is 25.1 Å². The molecule has 0 aromatic heterocycles. The van der Waals surface area contributed by atoms with E-state index in [9.17, 15) is 8.78 Å². The molecule has 0 radical (unpaired) electrons. The third-order valence-corrected chi connectivity index (χ3v) is 3.71. The minimum Gasteiger partial charge on any atom is -0.453 e. The average Bonchev–Trinajstić information content (AvgIpc) is 2.54. The van der Waals surface area contributed by atoms with Crippen LogP contribution in [-0.4, -0.2) is 5.75 Å². The van der Waals surface area contributed by atoms with Crippen LogP contribution in [0.3, 0.4) is 0 Å². The Morgan fingerprint density at radius 3 is 2.18 bits per heavy atom. The first kappa shape index (κ1) is 15.8. The molecule has 2 rings (SSSR count). The molecule has 0 aliphatic rings. The predicted octanol–water partition coefficient (Wildman–Crippen LogP) is 4.61. The summed E-state index contributed by atoms with van der Waals surface area (Å²) in [5.41, 5.74) is -1.25. The molecule has 2 aromatic rings. The molecule has 0 heterocycles. The molecule has 0 spiro atoms. The molecule has 0 N–H and O–H groups in total. The lowest BCUT2D eigenvalue weighted by Crippen LogP contribution is -2.02. The first-order chi connectivity index (χ1) is 10.6. The van der Waals surface area contributed by atoms with Crippen molar-refractivity contribution in [3.05, 3.63) is 53.1 Å². The van der Waals surface area contributed by atoms with Crippen molar-refractivity contribution in [2.45, 2.75) is 11.8 Å². The van der Waals surface area contributed by atoms with E-state index in [1.54, 1.807) is 37.3 Å². The fourth-order valence-corrected chi connectivity index (χ4v) is 2.61. The van der Waals surface area contributed by atoms with Crippen molar-refractivity contribution >= 4 is 11.8 Å². The van der Waals surface area contributed by atoms with Gasteiger partial charge in [-0.05, 0) is 17.9 Å². The normalized spacial score (nSPS) is 9.86. The Morgan fingerprint density at radius 1 is 1.05 bits per heavy atom. The van der Waals surface area contributed by atoms with Crippen molar-refractivity contribution in [2.24, 2.45) is 0 Å². The van der Waals surface area contributed by atoms with Crippen LogP contribution < -0.4 is 4.74 Å². The number of halogens is 2. The highest BCUT2D eigenvalue weighted by Crippen LogP contribution is 2.40. The minimum absolute atomic E-state index is 0.112. The van der Waals surface area contributed by atoms with Crippen LogP contribution in [0, 0.1) is 34.3 Å². The summed E-state index contributed by atoms with van der Waals surface area (Å²) in [5.74, 6) is -1.56. The smallest absolute Gasteiger partial charge is 0.186 e. The van der Waals surface area contributed by atoms with Gasteiger partial charge in [0, 0.05) is 0 Å². The fourth-order valence-electron chi connectivity index (χ4n) is 1.83. The summed E-state index contributed by atoms with van der Waals surface area (Å²) in [6.45, 7) is 1.76. The molecule has 0 aliphatic carbocycles. The van der Waals surface area contributed by atoms with Crippen molar-refractivity contribution in [3.63, 3.8) is 0 Å². The van der Waals surface area contributed by atoms with Gasteiger partial charge in [0.1, 0.15) is 29.0 Å². The topological polar surface area (TPSA) is 56.8 Å². The van der Waals surface area contributed by atoms with Crippen molar-refractivity contribution in [1.82, 2.24) is 0 Å². The van der Waals surface area contributed by atoms with Crippen LogP contribution in [0.2, 0.25) is 0 Å². The third kappa shape index (κ3) is 2.88. The van der Waals surface area contributed by atoms with E-state index in [2.05, 4.69) is 0 Å². The van der Waals surface area contributed by atoms with Gasteiger partial charge in [-0.25, -0.2) is 8.78 Å². The van der Waals surface area contributed by atoms with Crippen molar-refractivity contribution in [1.29, 1.82) is 10.5 Å². The second-order valence-corrected chi connectivity index (χ2v) is 5.38. The Labute approximate surface area is 130 Å². The zero-order chi connectivity index (χ0) is 16.1. The van der Waals surface area contributed by atoms with Gasteiger partial charge < -0.3 is 4.74 Å². The lowest BCUT2D eigenvalue weighted by molar-refractivity contribution is 0.418. The molecular formula is C16H10F2N2OS. The van der Waals surface area contributed by atoms with Gasteiger partial charge in [0.05, 0.1) is 4.90 Å². The Morgan fingerprint density at radius 2 is 1.64 bits per heavy atom. The van der Waals surface area contributed by atoms with Gasteiger partial charge in [0.15, 0.2) is 17.4 Å². The zero-order valence-corrected chi connectivity index (χ0v) is 12.4. The summed E-state index contributed by atoms with van der Waals surface area (Å²) in [5, 5.41) is 18.0. The van der Waals surface area contributed by atoms with Crippen molar-refractivity contribution in [3.8, 4) is 23.6 Å². The standard InChI is InChI=1S/C16H10F2N2OS/c1-2-22-16-14(18)12(9-20)11(8-19)13(17)15(16)21-10-6-4-3-5-7-10/h3-7H,2H2,1H3. The lowest BCUT2D eigenvalue weighted by atomic mass is 10.1. The first-order valence-electron chi connectivity index (χ1n) is 6.34. The Bertz CT molecular complexity index is 780. The zero-order valence-electron chi connectivity index (χ0n) is 11.6. The summed E-state index contributed by atoms with van der Waals surface area (Å²) < 4.78 is 34.3. The maximum Gasteiger partial charge on any atom is 0.186 e. The Balaban J connectivity index is 2.68. The number of benzene rings is 2. The first-order valence-corrected chi connectivity index (χ1v) is 7.33. The molecule has 0 saturated heterocycles. The quantitative estimate of drug-likeness (QED) is 0.773. The molecule has 0 unspecified atom stereocenters. The van der Waals surface area contributed by atoms with Crippen molar-refractivity contribution < 1.29 is 13.5 Å². The third-order valence-electron chi connectivity index (χ3n) is 2.77. The SMILES string of the molecule is CCSc1c(F)c(C#N)c(C#N)c(F)c1Oc1ccccc1. The minimum atomic E-state index is -1.03. The van der Waals surface area contributed by atoms with E-state index < -0.39 is 22.8 Å². The molecule has 110 valence electrons. The lowest BCUT2D eigenvalue weighted by Gasteiger charge is -2.14. The largest absolute Gasteiger partial charge is 0.453 e. The van der Waals surface area contributed by atoms with Crippen LogP contribution in [0.5, 0.6) is 11.5 Å². The Kier molecular flexibility index (Phi) is 4.98. The molecule has 6 heteroatoms. The van der Waals surface area contributed by atoms with Gasteiger partial charge in [-0.3, -0.25) is 0 Å². The van der Waals surface area contributed by atoms with E-state index in [1.807, 2.05) is 0 Å². The molecule has 22 heavy (non-hydrogen) atoms. The molecule has 0 amide bonds. The van der Waals surface area contributed by atoms with Crippen LogP contribution >= 0.6 is 11.8 Å². The van der Waals surface area contributed by atoms with Crippen LogP contribution in [0.4, 0.5) is 8.78 Å². The summed E-state index contributed by atoms with van der Waals surface area (Å²) >= 11 is 1.01. The second-order valence-electron chi connectivity index (χ2n) is 4.11. The number of nitriles is 2. The van der Waals surface area contributed by atoms with Crippen LogP contribution in [0.1, 0.15) is 18.1 Å². The van der Waals surface area contributed by atoms with E-state index in [1.165, 1.54) is 12.1 Å². The van der Waals surface area contributed by atoms with E-state index in [4.69, 9.17) is 15.3 Å². The average molecular weight is 316 g/mol. The number of thioether (sulfide) groups is 1. The fraction of sp³-hybridized carbons (Fsp3) is 0.125. The predicted molar refractivity (Wildman–Crippen MR) is 78.7 cm³/mol. The van der Waals surface area contributed by atoms with Gasteiger partial charge >= 0.3 is 0 Å². The van der Waals surface area contributed by atoms with Crippen LogP contribution in [0.25, 0.3) is 0 Å². The number of nitrogens with zero attached hydrogens (tertiary/aromatic N) is 2. The molecule has 0 atom stereocenters. The summed E-state index contributed by atoms with van der Waals surface area (Å²) in [7, 11) is 0. The number of rotatable bonds is 4. The molecular weight excluding hydrogens is 306 g/mol.